The lowest BCUT2D eigenvalue weighted by atomic mass is 10.1. The van der Waals surface area contributed by atoms with E-state index in [-0.39, 0.29) is 24.0 Å². The molecule has 0 fully saturated rings. The van der Waals surface area contributed by atoms with Gasteiger partial charge in [0.1, 0.15) is 11.5 Å². The van der Waals surface area contributed by atoms with E-state index in [4.69, 9.17) is 15.2 Å². The number of benzene rings is 2. The first-order chi connectivity index (χ1) is 11.6. The van der Waals surface area contributed by atoms with Crippen LogP contribution in [0.5, 0.6) is 11.5 Å². The number of guanidine groups is 1. The lowest BCUT2D eigenvalue weighted by Gasteiger charge is -2.14. The normalized spacial score (nSPS) is 10.8. The van der Waals surface area contributed by atoms with Gasteiger partial charge in [0.15, 0.2) is 5.96 Å². The molecule has 0 atom stereocenters. The largest absolute Gasteiger partial charge is 0.494 e. The number of rotatable bonds is 7. The average molecular weight is 455 g/mol. The van der Waals surface area contributed by atoms with Gasteiger partial charge in [-0.3, -0.25) is 0 Å². The minimum atomic E-state index is 0. The number of aryl methyl sites for hydroxylation is 1. The first-order valence-electron chi connectivity index (χ1n) is 8.14. The Labute approximate surface area is 166 Å². The fourth-order valence-electron chi connectivity index (χ4n) is 2.19. The molecule has 136 valence electrons. The summed E-state index contributed by atoms with van der Waals surface area (Å²) in [7, 11) is 0. The Balaban J connectivity index is 0.00000312. The van der Waals surface area contributed by atoms with Crippen LogP contribution >= 0.6 is 24.0 Å². The van der Waals surface area contributed by atoms with Crippen LogP contribution in [0.25, 0.3) is 0 Å². The Morgan fingerprint density at radius 1 is 1.04 bits per heavy atom. The predicted octanol–water partition coefficient (Wildman–Crippen LogP) is 4.34. The topological polar surface area (TPSA) is 68.9 Å². The van der Waals surface area contributed by atoms with Gasteiger partial charge in [-0.1, -0.05) is 29.8 Å². The average Bonchev–Trinajstić information content (AvgIpc) is 2.57. The second-order valence-corrected chi connectivity index (χ2v) is 5.34. The van der Waals surface area contributed by atoms with Crippen LogP contribution in [0.3, 0.4) is 0 Å². The summed E-state index contributed by atoms with van der Waals surface area (Å²) in [5.41, 5.74) is 9.09. The molecule has 5 nitrogen and oxygen atoms in total. The summed E-state index contributed by atoms with van der Waals surface area (Å²) in [5, 5.41) is 3.10. The number of aliphatic imine (C=N–C) groups is 1. The van der Waals surface area contributed by atoms with Gasteiger partial charge in [-0.2, -0.15) is 0 Å². The molecular weight excluding hydrogens is 429 g/mol. The molecule has 3 N–H and O–H groups in total. The van der Waals surface area contributed by atoms with Gasteiger partial charge in [0, 0.05) is 6.07 Å². The van der Waals surface area contributed by atoms with E-state index >= 15 is 0 Å². The number of anilines is 1. The van der Waals surface area contributed by atoms with Gasteiger partial charge in [0.25, 0.3) is 0 Å². The van der Waals surface area contributed by atoms with E-state index in [1.54, 1.807) is 0 Å². The summed E-state index contributed by atoms with van der Waals surface area (Å²) < 4.78 is 11.1. The molecule has 0 heterocycles. The lowest BCUT2D eigenvalue weighted by molar-refractivity contribution is 0.332. The molecule has 0 amide bonds. The Hall–Kier alpha value is -1.96. The van der Waals surface area contributed by atoms with Crippen molar-refractivity contribution in [2.45, 2.75) is 27.3 Å². The summed E-state index contributed by atoms with van der Waals surface area (Å²) in [5.74, 6) is 1.81. The SMILES string of the molecule is CCOc1ccc(OCC)c(NC(N)=NCc2ccc(C)cc2)c1.I. The molecule has 0 aliphatic rings. The number of nitrogens with one attached hydrogen (secondary N) is 1. The van der Waals surface area contributed by atoms with Crippen molar-refractivity contribution in [3.8, 4) is 11.5 Å². The molecule has 0 aromatic heterocycles. The zero-order valence-corrected chi connectivity index (χ0v) is 17.2. The van der Waals surface area contributed by atoms with Crippen LogP contribution in [0.1, 0.15) is 25.0 Å². The van der Waals surface area contributed by atoms with Gasteiger partial charge in [0.05, 0.1) is 25.4 Å². The summed E-state index contributed by atoms with van der Waals surface area (Å²) in [4.78, 5) is 4.38. The van der Waals surface area contributed by atoms with E-state index in [0.29, 0.717) is 25.7 Å². The van der Waals surface area contributed by atoms with Gasteiger partial charge < -0.3 is 20.5 Å². The fraction of sp³-hybridized carbons (Fsp3) is 0.316. The maximum atomic E-state index is 6.02. The van der Waals surface area contributed by atoms with Gasteiger partial charge in [-0.15, -0.1) is 24.0 Å². The third kappa shape index (κ3) is 6.81. The Morgan fingerprint density at radius 2 is 1.72 bits per heavy atom. The molecular formula is C19H26IN3O2. The molecule has 2 aromatic rings. The van der Waals surface area contributed by atoms with Crippen LogP contribution in [0.15, 0.2) is 47.5 Å². The number of halogens is 1. The molecule has 6 heteroatoms. The molecule has 0 radical (unpaired) electrons. The van der Waals surface area contributed by atoms with Crippen molar-refractivity contribution < 1.29 is 9.47 Å². The predicted molar refractivity (Wildman–Crippen MR) is 114 cm³/mol. The Morgan fingerprint density at radius 3 is 2.36 bits per heavy atom. The number of ether oxygens (including phenoxy) is 2. The van der Waals surface area contributed by atoms with E-state index in [0.717, 1.165) is 22.7 Å². The van der Waals surface area contributed by atoms with Crippen molar-refractivity contribution in [2.24, 2.45) is 10.7 Å². The molecule has 0 aliphatic carbocycles. The monoisotopic (exact) mass is 455 g/mol. The van der Waals surface area contributed by atoms with Crippen LogP contribution < -0.4 is 20.5 Å². The summed E-state index contributed by atoms with van der Waals surface area (Å²) >= 11 is 0. The quantitative estimate of drug-likeness (QED) is 0.371. The summed E-state index contributed by atoms with van der Waals surface area (Å²) in [6, 6.07) is 13.8. The lowest BCUT2D eigenvalue weighted by Crippen LogP contribution is -2.23. The van der Waals surface area contributed by atoms with Gasteiger partial charge >= 0.3 is 0 Å². The number of nitrogens with two attached hydrogens (primary N) is 1. The van der Waals surface area contributed by atoms with Crippen molar-refractivity contribution in [2.75, 3.05) is 18.5 Å². The number of hydrogen-bond donors (Lipinski definition) is 2. The van der Waals surface area contributed by atoms with Gasteiger partial charge in [-0.25, -0.2) is 4.99 Å². The zero-order valence-electron chi connectivity index (χ0n) is 14.9. The molecule has 0 aliphatic heterocycles. The number of hydrogen-bond acceptors (Lipinski definition) is 3. The van der Waals surface area contributed by atoms with Crippen LogP contribution in [0.4, 0.5) is 5.69 Å². The van der Waals surface area contributed by atoms with Crippen LogP contribution in [0, 0.1) is 6.92 Å². The van der Waals surface area contributed by atoms with Crippen molar-refractivity contribution in [3.05, 3.63) is 53.6 Å². The first kappa shape index (κ1) is 21.1. The molecule has 0 saturated heterocycles. The van der Waals surface area contributed by atoms with E-state index in [1.807, 2.05) is 44.2 Å². The second-order valence-electron chi connectivity index (χ2n) is 5.34. The van der Waals surface area contributed by atoms with Gasteiger partial charge in [-0.05, 0) is 38.5 Å². The van der Waals surface area contributed by atoms with Crippen LogP contribution in [0.2, 0.25) is 0 Å². The molecule has 0 unspecified atom stereocenters. The Kier molecular flexibility index (Phi) is 9.12. The number of nitrogens with zero attached hydrogens (tertiary/aromatic N) is 1. The first-order valence-corrected chi connectivity index (χ1v) is 8.14. The standard InChI is InChI=1S/C19H25N3O2.HI/c1-4-23-16-10-11-18(24-5-2)17(12-16)22-19(20)21-13-15-8-6-14(3)7-9-15;/h6-12H,4-5,13H2,1-3H3,(H3,20,21,22);1H. The third-order valence-electron chi connectivity index (χ3n) is 3.38. The minimum absolute atomic E-state index is 0. The highest BCUT2D eigenvalue weighted by atomic mass is 127. The van der Waals surface area contributed by atoms with Crippen LogP contribution in [-0.4, -0.2) is 19.2 Å². The maximum absolute atomic E-state index is 6.02. The van der Waals surface area contributed by atoms with E-state index in [1.165, 1.54) is 5.56 Å². The molecule has 0 saturated carbocycles. The van der Waals surface area contributed by atoms with E-state index < -0.39 is 0 Å². The third-order valence-corrected chi connectivity index (χ3v) is 3.38. The van der Waals surface area contributed by atoms with E-state index in [9.17, 15) is 0 Å². The van der Waals surface area contributed by atoms with E-state index in [2.05, 4.69) is 29.4 Å². The molecule has 2 aromatic carbocycles. The smallest absolute Gasteiger partial charge is 0.193 e. The highest BCUT2D eigenvalue weighted by Crippen LogP contribution is 2.29. The molecule has 0 spiro atoms. The highest BCUT2D eigenvalue weighted by Gasteiger charge is 2.07. The van der Waals surface area contributed by atoms with Crippen LogP contribution in [-0.2, 0) is 6.54 Å². The molecule has 2 rings (SSSR count). The summed E-state index contributed by atoms with van der Waals surface area (Å²) in [6.07, 6.45) is 0. The maximum Gasteiger partial charge on any atom is 0.193 e. The Bertz CT molecular complexity index is 688. The highest BCUT2D eigenvalue weighted by molar-refractivity contribution is 14.0. The molecule has 0 bridgehead atoms. The van der Waals surface area contributed by atoms with Crippen molar-refractivity contribution in [1.29, 1.82) is 0 Å². The van der Waals surface area contributed by atoms with Gasteiger partial charge in [0.2, 0.25) is 0 Å². The van der Waals surface area contributed by atoms with Crippen molar-refractivity contribution >= 4 is 35.6 Å². The minimum Gasteiger partial charge on any atom is -0.494 e. The molecule has 25 heavy (non-hydrogen) atoms. The van der Waals surface area contributed by atoms with Crippen molar-refractivity contribution in [3.63, 3.8) is 0 Å². The summed E-state index contributed by atoms with van der Waals surface area (Å²) in [6.45, 7) is 7.64. The zero-order chi connectivity index (χ0) is 17.4. The fourth-order valence-corrected chi connectivity index (χ4v) is 2.19. The second kappa shape index (κ2) is 10.8. The van der Waals surface area contributed by atoms with Crippen molar-refractivity contribution in [1.82, 2.24) is 0 Å².